The van der Waals surface area contributed by atoms with E-state index in [1.54, 1.807) is 0 Å². The topological polar surface area (TPSA) is 97.5 Å². The van der Waals surface area contributed by atoms with Crippen molar-refractivity contribution in [1.82, 2.24) is 4.31 Å². The number of nitrogens with zero attached hydrogens (tertiary/aromatic N) is 1. The Bertz CT molecular complexity index is 683. The second-order valence-electron chi connectivity index (χ2n) is 6.13. The van der Waals surface area contributed by atoms with Crippen molar-refractivity contribution in [2.24, 2.45) is 17.0 Å². The molecule has 0 saturated carbocycles. The summed E-state index contributed by atoms with van der Waals surface area (Å²) in [5.74, 6) is 0.384. The van der Waals surface area contributed by atoms with Gasteiger partial charge in [-0.1, -0.05) is 27.7 Å². The molecule has 0 aliphatic carbocycles. The van der Waals surface area contributed by atoms with E-state index >= 15 is 0 Å². The Morgan fingerprint density at radius 3 is 1.55 bits per heavy atom. The number of primary sulfonamides is 1. The highest BCUT2D eigenvalue weighted by Crippen LogP contribution is 2.20. The number of hydrogen-bond acceptors (Lipinski definition) is 4. The highest BCUT2D eigenvalue weighted by Gasteiger charge is 2.26. The smallest absolute Gasteiger partial charge is 0.225 e. The molecular weight excluding hydrogens is 324 g/mol. The number of rotatable bonds is 7. The highest BCUT2D eigenvalue weighted by molar-refractivity contribution is 7.89. The standard InChI is InChI=1S/C14H24N2O4S2/c1-11(2)9-16(10-12(3)4)22(19,20)14-7-5-13(6-8-14)21(15,17)18/h5-8,11-12H,9-10H2,1-4H3,(H2,15,17,18). The zero-order valence-electron chi connectivity index (χ0n) is 13.4. The molecule has 0 saturated heterocycles. The van der Waals surface area contributed by atoms with Crippen LogP contribution < -0.4 is 5.14 Å². The Hall–Kier alpha value is -0.960. The third-order valence-electron chi connectivity index (χ3n) is 2.93. The second-order valence-corrected chi connectivity index (χ2v) is 9.63. The van der Waals surface area contributed by atoms with E-state index in [0.29, 0.717) is 13.1 Å². The van der Waals surface area contributed by atoms with Crippen LogP contribution in [0.3, 0.4) is 0 Å². The van der Waals surface area contributed by atoms with E-state index in [4.69, 9.17) is 5.14 Å². The summed E-state index contributed by atoms with van der Waals surface area (Å²) in [7, 11) is -7.49. The zero-order valence-corrected chi connectivity index (χ0v) is 15.0. The Labute approximate surface area is 133 Å². The largest absolute Gasteiger partial charge is 0.243 e. The van der Waals surface area contributed by atoms with E-state index in [1.807, 2.05) is 27.7 Å². The summed E-state index contributed by atoms with van der Waals surface area (Å²) in [6.45, 7) is 8.63. The third kappa shape index (κ3) is 5.05. The molecule has 8 heteroatoms. The Kier molecular flexibility index (Phi) is 6.14. The minimum Gasteiger partial charge on any atom is -0.225 e. The van der Waals surface area contributed by atoms with Gasteiger partial charge in [0.1, 0.15) is 0 Å². The lowest BCUT2D eigenvalue weighted by atomic mass is 10.2. The van der Waals surface area contributed by atoms with Gasteiger partial charge in [-0.05, 0) is 36.1 Å². The summed E-state index contributed by atoms with van der Waals surface area (Å²) < 4.78 is 49.3. The first kappa shape index (κ1) is 19.1. The van der Waals surface area contributed by atoms with Crippen molar-refractivity contribution in [2.75, 3.05) is 13.1 Å². The second kappa shape index (κ2) is 7.08. The average Bonchev–Trinajstić information content (AvgIpc) is 2.36. The predicted octanol–water partition coefficient (Wildman–Crippen LogP) is 1.64. The average molecular weight is 348 g/mol. The molecule has 0 bridgehead atoms. The molecule has 0 atom stereocenters. The van der Waals surface area contributed by atoms with Gasteiger partial charge in [0.25, 0.3) is 0 Å². The van der Waals surface area contributed by atoms with Crippen molar-refractivity contribution in [2.45, 2.75) is 37.5 Å². The predicted molar refractivity (Wildman–Crippen MR) is 86.3 cm³/mol. The number of sulfonamides is 2. The normalized spacial score (nSPS) is 13.3. The quantitative estimate of drug-likeness (QED) is 0.810. The van der Waals surface area contributed by atoms with E-state index in [0.717, 1.165) is 0 Å². The van der Waals surface area contributed by atoms with Crippen molar-refractivity contribution >= 4 is 20.0 Å². The van der Waals surface area contributed by atoms with Crippen LogP contribution in [0, 0.1) is 11.8 Å². The molecule has 6 nitrogen and oxygen atoms in total. The van der Waals surface area contributed by atoms with Gasteiger partial charge in [0.15, 0.2) is 0 Å². The molecule has 0 unspecified atom stereocenters. The summed E-state index contributed by atoms with van der Waals surface area (Å²) in [5, 5.41) is 5.02. The van der Waals surface area contributed by atoms with Crippen molar-refractivity contribution < 1.29 is 16.8 Å². The molecule has 2 N–H and O–H groups in total. The van der Waals surface area contributed by atoms with Gasteiger partial charge in [0.05, 0.1) is 9.79 Å². The maximum atomic E-state index is 12.7. The first-order valence-electron chi connectivity index (χ1n) is 7.07. The molecular formula is C14H24N2O4S2. The number of hydrogen-bond donors (Lipinski definition) is 1. The molecule has 22 heavy (non-hydrogen) atoms. The minimum absolute atomic E-state index is 0.0706. The lowest BCUT2D eigenvalue weighted by Crippen LogP contribution is -2.37. The zero-order chi connectivity index (χ0) is 17.1. The van der Waals surface area contributed by atoms with E-state index in [2.05, 4.69) is 0 Å². The monoisotopic (exact) mass is 348 g/mol. The van der Waals surface area contributed by atoms with Crippen LogP contribution in [-0.4, -0.2) is 34.2 Å². The van der Waals surface area contributed by atoms with Crippen LogP contribution in [0.1, 0.15) is 27.7 Å². The minimum atomic E-state index is -3.83. The first-order valence-corrected chi connectivity index (χ1v) is 10.1. The maximum Gasteiger partial charge on any atom is 0.243 e. The third-order valence-corrected chi connectivity index (χ3v) is 5.70. The Balaban J connectivity index is 3.19. The summed E-state index contributed by atoms with van der Waals surface area (Å²) in [6.07, 6.45) is 0. The molecule has 1 rings (SSSR count). The lowest BCUT2D eigenvalue weighted by Gasteiger charge is -2.25. The van der Waals surface area contributed by atoms with Crippen molar-refractivity contribution in [3.05, 3.63) is 24.3 Å². The van der Waals surface area contributed by atoms with Crippen LogP contribution in [-0.2, 0) is 20.0 Å². The van der Waals surface area contributed by atoms with Crippen molar-refractivity contribution in [1.29, 1.82) is 0 Å². The van der Waals surface area contributed by atoms with Gasteiger partial charge in [-0.2, -0.15) is 4.31 Å². The summed E-state index contributed by atoms with van der Waals surface area (Å²) >= 11 is 0. The van der Waals surface area contributed by atoms with Gasteiger partial charge in [0, 0.05) is 13.1 Å². The Morgan fingerprint density at radius 2 is 1.23 bits per heavy atom. The van der Waals surface area contributed by atoms with Crippen LogP contribution in [0.4, 0.5) is 0 Å². The van der Waals surface area contributed by atoms with Gasteiger partial charge in [-0.3, -0.25) is 0 Å². The molecule has 0 spiro atoms. The molecule has 0 aliphatic heterocycles. The molecule has 0 amide bonds. The van der Waals surface area contributed by atoms with E-state index in [-0.39, 0.29) is 21.6 Å². The van der Waals surface area contributed by atoms with E-state index < -0.39 is 20.0 Å². The summed E-state index contributed by atoms with van der Waals surface area (Å²) in [5.41, 5.74) is 0. The van der Waals surface area contributed by atoms with Crippen molar-refractivity contribution in [3.8, 4) is 0 Å². The van der Waals surface area contributed by atoms with Crippen molar-refractivity contribution in [3.63, 3.8) is 0 Å². The lowest BCUT2D eigenvalue weighted by molar-refractivity contribution is 0.333. The molecule has 1 aromatic carbocycles. The van der Waals surface area contributed by atoms with Crippen LogP contribution in [0.5, 0.6) is 0 Å². The molecule has 1 aromatic rings. The number of benzene rings is 1. The van der Waals surface area contributed by atoms with E-state index in [9.17, 15) is 16.8 Å². The van der Waals surface area contributed by atoms with Crippen LogP contribution >= 0.6 is 0 Å². The van der Waals surface area contributed by atoms with Gasteiger partial charge < -0.3 is 0 Å². The molecule has 0 radical (unpaired) electrons. The SMILES string of the molecule is CC(C)CN(CC(C)C)S(=O)(=O)c1ccc(S(N)(=O)=O)cc1. The highest BCUT2D eigenvalue weighted by atomic mass is 32.2. The van der Waals surface area contributed by atoms with Gasteiger partial charge in [0.2, 0.25) is 20.0 Å². The van der Waals surface area contributed by atoms with Gasteiger partial charge in [-0.25, -0.2) is 22.0 Å². The molecule has 0 aliphatic rings. The fraction of sp³-hybridized carbons (Fsp3) is 0.571. The van der Waals surface area contributed by atoms with Gasteiger partial charge >= 0.3 is 0 Å². The fourth-order valence-corrected chi connectivity index (χ4v) is 4.32. The van der Waals surface area contributed by atoms with Crippen LogP contribution in [0.25, 0.3) is 0 Å². The Morgan fingerprint density at radius 1 is 0.864 bits per heavy atom. The number of nitrogens with two attached hydrogens (primary N) is 1. The fourth-order valence-electron chi connectivity index (χ4n) is 2.04. The van der Waals surface area contributed by atoms with Crippen LogP contribution in [0.2, 0.25) is 0 Å². The molecule has 126 valence electrons. The summed E-state index contributed by atoms with van der Waals surface area (Å²) in [6, 6.07) is 4.99. The van der Waals surface area contributed by atoms with Gasteiger partial charge in [-0.15, -0.1) is 0 Å². The van der Waals surface area contributed by atoms with E-state index in [1.165, 1.54) is 28.6 Å². The first-order chi connectivity index (χ1) is 9.94. The molecule has 0 fully saturated rings. The molecule has 0 aromatic heterocycles. The van der Waals surface area contributed by atoms with Crippen LogP contribution in [0.15, 0.2) is 34.1 Å². The summed E-state index contributed by atoms with van der Waals surface area (Å²) in [4.78, 5) is -0.0353. The maximum absolute atomic E-state index is 12.7. The molecule has 0 heterocycles.